The Bertz CT molecular complexity index is 426. The zero-order chi connectivity index (χ0) is 11.5. The maximum absolute atomic E-state index is 11.2. The van der Waals surface area contributed by atoms with E-state index in [2.05, 4.69) is 4.74 Å². The van der Waals surface area contributed by atoms with E-state index in [1.165, 1.54) is 7.11 Å². The molecule has 1 aromatic rings. The minimum Gasteiger partial charge on any atom is -0.485 e. The topological polar surface area (TPSA) is 61.8 Å². The number of ether oxygens (including phenoxy) is 3. The van der Waals surface area contributed by atoms with E-state index >= 15 is 0 Å². The van der Waals surface area contributed by atoms with Crippen molar-refractivity contribution in [2.24, 2.45) is 0 Å². The van der Waals surface area contributed by atoms with Gasteiger partial charge in [0.05, 0.1) is 7.11 Å². The normalized spacial score (nSPS) is 17.7. The summed E-state index contributed by atoms with van der Waals surface area (Å²) in [4.78, 5) is 21.8. The maximum atomic E-state index is 11.2. The van der Waals surface area contributed by atoms with Crippen LogP contribution in [0.5, 0.6) is 11.5 Å². The number of carbonyl (C=O) groups is 2. The summed E-state index contributed by atoms with van der Waals surface area (Å²) in [6, 6.07) is 4.75. The summed E-state index contributed by atoms with van der Waals surface area (Å²) < 4.78 is 15.2. The number of fused-ring (bicyclic) bond motifs is 1. The van der Waals surface area contributed by atoms with Crippen molar-refractivity contribution < 1.29 is 23.8 Å². The smallest absolute Gasteiger partial charge is 0.350 e. The van der Waals surface area contributed by atoms with Gasteiger partial charge in [0.15, 0.2) is 11.5 Å². The first-order valence-electron chi connectivity index (χ1n) is 4.71. The molecule has 84 valence electrons. The average Bonchev–Trinajstić information content (AvgIpc) is 2.36. The van der Waals surface area contributed by atoms with Crippen LogP contribution in [0, 0.1) is 0 Å². The van der Waals surface area contributed by atoms with Gasteiger partial charge in [0.25, 0.3) is 0 Å². The number of carbonyl (C=O) groups excluding carboxylic acids is 2. The number of aldehydes is 1. The van der Waals surface area contributed by atoms with E-state index in [0.717, 1.165) is 6.29 Å². The Kier molecular flexibility index (Phi) is 2.76. The molecule has 1 aromatic carbocycles. The van der Waals surface area contributed by atoms with Gasteiger partial charge in [0.2, 0.25) is 6.10 Å². The van der Waals surface area contributed by atoms with E-state index < -0.39 is 12.1 Å². The minimum absolute atomic E-state index is 0.0853. The molecule has 5 nitrogen and oxygen atoms in total. The second-order valence-electron chi connectivity index (χ2n) is 3.26. The zero-order valence-electron chi connectivity index (χ0n) is 8.64. The van der Waals surface area contributed by atoms with Gasteiger partial charge in [0, 0.05) is 5.56 Å². The Labute approximate surface area is 91.9 Å². The molecule has 0 fully saturated rings. The molecule has 1 atom stereocenters. The molecule has 0 radical (unpaired) electrons. The lowest BCUT2D eigenvalue weighted by Gasteiger charge is -2.24. The molecular weight excluding hydrogens is 212 g/mol. The van der Waals surface area contributed by atoms with Crippen LogP contribution in [0.4, 0.5) is 0 Å². The number of hydrogen-bond donors (Lipinski definition) is 0. The van der Waals surface area contributed by atoms with Crippen LogP contribution >= 0.6 is 0 Å². The minimum atomic E-state index is -0.750. The highest BCUT2D eigenvalue weighted by Gasteiger charge is 2.28. The van der Waals surface area contributed by atoms with E-state index in [1.807, 2.05) is 0 Å². The van der Waals surface area contributed by atoms with Crippen molar-refractivity contribution in [3.05, 3.63) is 23.8 Å². The average molecular weight is 222 g/mol. The predicted molar refractivity (Wildman–Crippen MR) is 53.8 cm³/mol. The molecule has 0 saturated carbocycles. The lowest BCUT2D eigenvalue weighted by atomic mass is 10.2. The van der Waals surface area contributed by atoms with Gasteiger partial charge in [-0.3, -0.25) is 4.79 Å². The SMILES string of the molecule is COC(=O)[C@H]1COc2cc(C=O)ccc2O1. The van der Waals surface area contributed by atoms with Gasteiger partial charge in [-0.2, -0.15) is 0 Å². The van der Waals surface area contributed by atoms with E-state index in [9.17, 15) is 9.59 Å². The van der Waals surface area contributed by atoms with Crippen LogP contribution in [0.25, 0.3) is 0 Å². The summed E-state index contributed by atoms with van der Waals surface area (Å²) in [5, 5.41) is 0. The lowest BCUT2D eigenvalue weighted by molar-refractivity contribution is -0.151. The molecular formula is C11H10O5. The van der Waals surface area contributed by atoms with Crippen molar-refractivity contribution in [2.45, 2.75) is 6.10 Å². The third-order valence-corrected chi connectivity index (χ3v) is 2.23. The molecule has 2 rings (SSSR count). The van der Waals surface area contributed by atoms with Crippen LogP contribution in [0.1, 0.15) is 10.4 Å². The van der Waals surface area contributed by atoms with Gasteiger partial charge in [-0.05, 0) is 18.2 Å². The Morgan fingerprint density at radius 3 is 3.00 bits per heavy atom. The molecule has 0 aromatic heterocycles. The van der Waals surface area contributed by atoms with Crippen LogP contribution in [0.15, 0.2) is 18.2 Å². The fourth-order valence-corrected chi connectivity index (χ4v) is 1.41. The van der Waals surface area contributed by atoms with E-state index in [1.54, 1.807) is 18.2 Å². The van der Waals surface area contributed by atoms with E-state index in [-0.39, 0.29) is 6.61 Å². The summed E-state index contributed by atoms with van der Waals surface area (Å²) in [7, 11) is 1.29. The Morgan fingerprint density at radius 2 is 2.31 bits per heavy atom. The zero-order valence-corrected chi connectivity index (χ0v) is 8.64. The largest absolute Gasteiger partial charge is 0.485 e. The molecule has 0 unspecified atom stereocenters. The quantitative estimate of drug-likeness (QED) is 0.547. The van der Waals surface area contributed by atoms with Crippen molar-refractivity contribution in [1.82, 2.24) is 0 Å². The summed E-state index contributed by atoms with van der Waals surface area (Å²) in [5.41, 5.74) is 0.499. The first-order valence-corrected chi connectivity index (χ1v) is 4.71. The number of methoxy groups -OCH3 is 1. The van der Waals surface area contributed by atoms with Crippen molar-refractivity contribution in [3.63, 3.8) is 0 Å². The van der Waals surface area contributed by atoms with Gasteiger partial charge < -0.3 is 14.2 Å². The molecule has 1 aliphatic heterocycles. The van der Waals surface area contributed by atoms with Crippen molar-refractivity contribution >= 4 is 12.3 Å². The van der Waals surface area contributed by atoms with Crippen molar-refractivity contribution in [3.8, 4) is 11.5 Å². The second kappa shape index (κ2) is 4.22. The van der Waals surface area contributed by atoms with Gasteiger partial charge in [0.1, 0.15) is 12.9 Å². The van der Waals surface area contributed by atoms with Crippen LogP contribution < -0.4 is 9.47 Å². The molecule has 0 aliphatic carbocycles. The monoisotopic (exact) mass is 222 g/mol. The third-order valence-electron chi connectivity index (χ3n) is 2.23. The lowest BCUT2D eigenvalue weighted by Crippen LogP contribution is -2.37. The van der Waals surface area contributed by atoms with Crippen LogP contribution in [-0.2, 0) is 9.53 Å². The van der Waals surface area contributed by atoms with Gasteiger partial charge in [-0.1, -0.05) is 0 Å². The molecule has 0 N–H and O–H groups in total. The number of benzene rings is 1. The molecule has 16 heavy (non-hydrogen) atoms. The Morgan fingerprint density at radius 1 is 1.50 bits per heavy atom. The fourth-order valence-electron chi connectivity index (χ4n) is 1.41. The highest BCUT2D eigenvalue weighted by atomic mass is 16.6. The molecule has 0 spiro atoms. The molecule has 0 saturated heterocycles. The van der Waals surface area contributed by atoms with Crippen LogP contribution in [0.3, 0.4) is 0 Å². The molecule has 5 heteroatoms. The fraction of sp³-hybridized carbons (Fsp3) is 0.273. The third kappa shape index (κ3) is 1.84. The standard InChI is InChI=1S/C11H10O5/c1-14-11(13)10-6-15-9-4-7(5-12)2-3-8(9)16-10/h2-5,10H,6H2,1H3/t10-/m1/s1. The summed E-state index contributed by atoms with van der Waals surface area (Å²) in [6.07, 6.45) is -0.0321. The van der Waals surface area contributed by atoms with Gasteiger partial charge >= 0.3 is 5.97 Å². The van der Waals surface area contributed by atoms with Crippen LogP contribution in [-0.4, -0.2) is 32.1 Å². The van der Waals surface area contributed by atoms with E-state index in [0.29, 0.717) is 17.1 Å². The molecule has 1 aliphatic rings. The number of hydrogen-bond acceptors (Lipinski definition) is 5. The van der Waals surface area contributed by atoms with Crippen molar-refractivity contribution in [2.75, 3.05) is 13.7 Å². The summed E-state index contributed by atoms with van der Waals surface area (Å²) in [5.74, 6) is 0.419. The first kappa shape index (κ1) is 10.5. The molecule has 1 heterocycles. The Balaban J connectivity index is 2.21. The Hall–Kier alpha value is -2.04. The molecule has 0 bridgehead atoms. The summed E-state index contributed by atoms with van der Waals surface area (Å²) >= 11 is 0. The second-order valence-corrected chi connectivity index (χ2v) is 3.26. The van der Waals surface area contributed by atoms with E-state index in [4.69, 9.17) is 9.47 Å². The highest BCUT2D eigenvalue weighted by Crippen LogP contribution is 2.32. The van der Waals surface area contributed by atoms with Crippen LogP contribution in [0.2, 0.25) is 0 Å². The number of rotatable bonds is 2. The molecule has 0 amide bonds. The van der Waals surface area contributed by atoms with Crippen molar-refractivity contribution in [1.29, 1.82) is 0 Å². The van der Waals surface area contributed by atoms with Gasteiger partial charge in [-0.25, -0.2) is 4.79 Å². The highest BCUT2D eigenvalue weighted by molar-refractivity contribution is 5.78. The number of esters is 1. The maximum Gasteiger partial charge on any atom is 0.350 e. The summed E-state index contributed by atoms with van der Waals surface area (Å²) in [6.45, 7) is 0.0853. The predicted octanol–water partition coefficient (Wildman–Crippen LogP) is 0.812. The first-order chi connectivity index (χ1) is 7.74. The van der Waals surface area contributed by atoms with Gasteiger partial charge in [-0.15, -0.1) is 0 Å².